The minimum absolute atomic E-state index is 0. The number of hydrogen-bond donors (Lipinski definition) is 1. The van der Waals surface area contributed by atoms with Gasteiger partial charge in [0.15, 0.2) is 0 Å². The molecule has 0 fully saturated rings. The first kappa shape index (κ1) is 27.1. The van der Waals surface area contributed by atoms with Crippen molar-refractivity contribution in [1.29, 1.82) is 0 Å². The molecule has 11 heteroatoms. The van der Waals surface area contributed by atoms with Crippen LogP contribution in [0.2, 0.25) is 0 Å². The number of benzene rings is 2. The van der Waals surface area contributed by atoms with Gasteiger partial charge in [0.05, 0.1) is 4.90 Å². The molecule has 0 aliphatic carbocycles. The van der Waals surface area contributed by atoms with Crippen molar-refractivity contribution in [3.8, 4) is 16.9 Å². The first-order chi connectivity index (χ1) is 11.6. The summed E-state index contributed by atoms with van der Waals surface area (Å²) in [5.41, 5.74) is 0.400. The summed E-state index contributed by atoms with van der Waals surface area (Å²) < 4.78 is 69.9. The number of aryl methyl sites for hydroxylation is 1. The molecule has 0 spiro atoms. The van der Waals surface area contributed by atoms with Crippen molar-refractivity contribution >= 4 is 20.2 Å². The normalized spacial score (nSPS) is 11.4. The van der Waals surface area contributed by atoms with Crippen molar-refractivity contribution < 1.29 is 90.2 Å². The van der Waals surface area contributed by atoms with Gasteiger partial charge >= 0.3 is 59.1 Å². The van der Waals surface area contributed by atoms with Crippen LogP contribution in [0.5, 0.6) is 5.75 Å². The van der Waals surface area contributed by atoms with Crippen molar-refractivity contribution in [3.63, 3.8) is 0 Å². The van der Waals surface area contributed by atoms with Crippen LogP contribution in [0.3, 0.4) is 0 Å². The monoisotopic (exact) mass is 430 g/mol. The largest absolute Gasteiger partial charge is 1.00 e. The van der Waals surface area contributed by atoms with Gasteiger partial charge in [0.25, 0.3) is 0 Å². The standard InChI is InChI=1S/C16H18O7S2.2Na/c1-2-3-7-12-10-13(17)15(24(18,19)20)16(25(21,22)23)14(12)11-8-5-4-6-9-11;;/h4-6,8-10,17H,2-3,7H2,1H3,(H,18,19,20)(H,21,22,23);;/q;2*+1/p-2. The second-order valence-corrected chi connectivity index (χ2v) is 8.10. The van der Waals surface area contributed by atoms with Crippen LogP contribution in [0.4, 0.5) is 0 Å². The molecule has 0 radical (unpaired) electrons. The van der Waals surface area contributed by atoms with Gasteiger partial charge in [-0.25, -0.2) is 16.8 Å². The quantitative estimate of drug-likeness (QED) is 0.367. The number of phenols is 1. The van der Waals surface area contributed by atoms with Crippen LogP contribution in [0.25, 0.3) is 11.1 Å². The van der Waals surface area contributed by atoms with Crippen LogP contribution in [-0.2, 0) is 26.7 Å². The number of hydrogen-bond acceptors (Lipinski definition) is 7. The number of unbranched alkanes of at least 4 members (excludes halogenated alkanes) is 1. The van der Waals surface area contributed by atoms with Gasteiger partial charge in [-0.1, -0.05) is 43.7 Å². The van der Waals surface area contributed by atoms with Crippen LogP contribution in [-0.4, -0.2) is 31.0 Å². The Morgan fingerprint density at radius 3 is 1.89 bits per heavy atom. The van der Waals surface area contributed by atoms with E-state index in [4.69, 9.17) is 0 Å². The molecule has 0 unspecified atom stereocenters. The Balaban J connectivity index is 0.00000338. The zero-order valence-corrected chi connectivity index (χ0v) is 20.9. The third-order valence-electron chi connectivity index (χ3n) is 3.66. The van der Waals surface area contributed by atoms with Gasteiger partial charge in [0.2, 0.25) is 0 Å². The van der Waals surface area contributed by atoms with Crippen molar-refractivity contribution in [2.45, 2.75) is 36.0 Å². The molecule has 0 heterocycles. The predicted molar refractivity (Wildman–Crippen MR) is 88.1 cm³/mol. The fourth-order valence-corrected chi connectivity index (χ4v) is 4.73. The molecule has 1 N–H and O–H groups in total. The molecule has 7 nitrogen and oxygen atoms in total. The molecular formula is C16H16Na2O7S2. The Kier molecular flexibility index (Phi) is 10.8. The van der Waals surface area contributed by atoms with E-state index in [9.17, 15) is 31.0 Å². The molecule has 0 atom stereocenters. The van der Waals surface area contributed by atoms with E-state index in [0.29, 0.717) is 12.8 Å². The Morgan fingerprint density at radius 2 is 1.44 bits per heavy atom. The molecule has 2 aromatic rings. The van der Waals surface area contributed by atoms with E-state index in [2.05, 4.69) is 0 Å². The summed E-state index contributed by atoms with van der Waals surface area (Å²) >= 11 is 0. The Morgan fingerprint density at radius 1 is 0.926 bits per heavy atom. The van der Waals surface area contributed by atoms with Crippen molar-refractivity contribution in [2.75, 3.05) is 0 Å². The third kappa shape index (κ3) is 6.53. The van der Waals surface area contributed by atoms with E-state index >= 15 is 0 Å². The van der Waals surface area contributed by atoms with Crippen molar-refractivity contribution in [2.24, 2.45) is 0 Å². The zero-order valence-electron chi connectivity index (χ0n) is 15.3. The first-order valence-electron chi connectivity index (χ1n) is 7.43. The fourth-order valence-electron chi connectivity index (χ4n) is 2.64. The average molecular weight is 430 g/mol. The number of rotatable bonds is 6. The van der Waals surface area contributed by atoms with Crippen LogP contribution in [0, 0.1) is 0 Å². The Labute approximate surface area is 203 Å². The van der Waals surface area contributed by atoms with E-state index in [1.54, 1.807) is 18.2 Å². The molecule has 136 valence electrons. The minimum atomic E-state index is -5.39. The van der Waals surface area contributed by atoms with Gasteiger partial charge in [0, 0.05) is 5.56 Å². The van der Waals surface area contributed by atoms with E-state index in [-0.39, 0.29) is 75.8 Å². The Bertz CT molecular complexity index is 989. The smallest absolute Gasteiger partial charge is 0.744 e. The van der Waals surface area contributed by atoms with Crippen molar-refractivity contribution in [1.82, 2.24) is 0 Å². The molecule has 0 aliphatic rings. The first-order valence-corrected chi connectivity index (χ1v) is 10.2. The maximum atomic E-state index is 11.8. The molecule has 0 aliphatic heterocycles. The van der Waals surface area contributed by atoms with E-state index in [0.717, 1.165) is 12.5 Å². The van der Waals surface area contributed by atoms with Gasteiger partial charge in [-0.2, -0.15) is 0 Å². The summed E-state index contributed by atoms with van der Waals surface area (Å²) in [5.74, 6) is -1.03. The molecule has 0 aromatic heterocycles. The molecular weight excluding hydrogens is 414 g/mol. The van der Waals surface area contributed by atoms with Gasteiger partial charge in [-0.05, 0) is 30.0 Å². The van der Waals surface area contributed by atoms with Gasteiger partial charge < -0.3 is 14.2 Å². The van der Waals surface area contributed by atoms with Crippen LogP contribution >= 0.6 is 0 Å². The van der Waals surface area contributed by atoms with E-state index in [1.165, 1.54) is 12.1 Å². The third-order valence-corrected chi connectivity index (χ3v) is 5.61. The molecule has 0 saturated heterocycles. The number of aromatic hydroxyl groups is 1. The molecule has 0 saturated carbocycles. The maximum absolute atomic E-state index is 11.8. The van der Waals surface area contributed by atoms with Crippen LogP contribution in [0.1, 0.15) is 25.3 Å². The van der Waals surface area contributed by atoms with Crippen LogP contribution in [0.15, 0.2) is 46.2 Å². The molecule has 2 rings (SSSR count). The molecule has 27 heavy (non-hydrogen) atoms. The minimum Gasteiger partial charge on any atom is -0.744 e. The van der Waals surface area contributed by atoms with Gasteiger partial charge in [-0.3, -0.25) is 0 Å². The Hall–Kier alpha value is 0.0600. The zero-order chi connectivity index (χ0) is 18.8. The van der Waals surface area contributed by atoms with E-state index < -0.39 is 35.8 Å². The SMILES string of the molecule is CCCCc1cc(O)c(S(=O)(=O)[O-])c(S(=O)(=O)[O-])c1-c1ccccc1.[Na+].[Na+]. The molecule has 2 aromatic carbocycles. The topological polar surface area (TPSA) is 135 Å². The summed E-state index contributed by atoms with van der Waals surface area (Å²) in [6, 6.07) is 8.86. The summed E-state index contributed by atoms with van der Waals surface area (Å²) in [6.45, 7) is 1.89. The molecule has 0 amide bonds. The number of phenolic OH excluding ortho intramolecular Hbond substituents is 1. The summed E-state index contributed by atoms with van der Waals surface area (Å²) in [4.78, 5) is -2.60. The average Bonchev–Trinajstić information content (AvgIpc) is 2.50. The van der Waals surface area contributed by atoms with E-state index in [1.807, 2.05) is 6.92 Å². The van der Waals surface area contributed by atoms with Crippen molar-refractivity contribution in [3.05, 3.63) is 42.0 Å². The summed E-state index contributed by atoms with van der Waals surface area (Å²) in [5, 5.41) is 9.96. The van der Waals surface area contributed by atoms with Crippen LogP contribution < -0.4 is 59.1 Å². The van der Waals surface area contributed by atoms with Gasteiger partial charge in [-0.15, -0.1) is 0 Å². The van der Waals surface area contributed by atoms with Gasteiger partial charge in [0.1, 0.15) is 30.9 Å². The fraction of sp³-hybridized carbons (Fsp3) is 0.250. The maximum Gasteiger partial charge on any atom is 1.00 e. The second-order valence-electron chi connectivity index (χ2n) is 5.47. The summed E-state index contributed by atoms with van der Waals surface area (Å²) in [6.07, 6.45) is 1.66. The summed E-state index contributed by atoms with van der Waals surface area (Å²) in [7, 11) is -10.7. The second kappa shape index (κ2) is 10.7. The molecule has 0 bridgehead atoms. The predicted octanol–water partition coefficient (Wildman–Crippen LogP) is -3.78.